The van der Waals surface area contributed by atoms with Crippen LogP contribution in [0.3, 0.4) is 0 Å². The molecule has 1 saturated carbocycles. The van der Waals surface area contributed by atoms with E-state index in [4.69, 9.17) is 4.42 Å². The highest BCUT2D eigenvalue weighted by atomic mass is 32.2. The van der Waals surface area contributed by atoms with Gasteiger partial charge in [-0.25, -0.2) is 4.39 Å². The van der Waals surface area contributed by atoms with Crippen molar-refractivity contribution in [3.8, 4) is 0 Å². The average Bonchev–Trinajstić information content (AvgIpc) is 3.22. The van der Waals surface area contributed by atoms with Gasteiger partial charge in [0.15, 0.2) is 5.16 Å². The van der Waals surface area contributed by atoms with Gasteiger partial charge in [0.1, 0.15) is 17.4 Å². The van der Waals surface area contributed by atoms with Gasteiger partial charge >= 0.3 is 0 Å². The van der Waals surface area contributed by atoms with Crippen LogP contribution in [-0.4, -0.2) is 26.4 Å². The summed E-state index contributed by atoms with van der Waals surface area (Å²) in [4.78, 5) is 12.1. The van der Waals surface area contributed by atoms with Crippen LogP contribution < -0.4 is 5.32 Å². The Morgan fingerprint density at radius 1 is 1.26 bits per heavy atom. The van der Waals surface area contributed by atoms with E-state index in [2.05, 4.69) is 20.1 Å². The summed E-state index contributed by atoms with van der Waals surface area (Å²) < 4.78 is 20.5. The Labute approximate surface area is 160 Å². The van der Waals surface area contributed by atoms with Gasteiger partial charge in [-0.3, -0.25) is 9.36 Å². The van der Waals surface area contributed by atoms with E-state index < -0.39 is 0 Å². The van der Waals surface area contributed by atoms with Crippen LogP contribution in [0, 0.1) is 5.82 Å². The predicted octanol–water partition coefficient (Wildman–Crippen LogP) is 4.06. The number of carbonyl (C=O) groups excluding carboxylic acids is 1. The number of nitrogens with one attached hydrogen (secondary N) is 1. The molecule has 1 aliphatic rings. The third-order valence-corrected chi connectivity index (χ3v) is 5.24. The summed E-state index contributed by atoms with van der Waals surface area (Å²) in [6.07, 6.45) is 4.26. The Kier molecular flexibility index (Phi) is 5.24. The van der Waals surface area contributed by atoms with Crippen molar-refractivity contribution in [2.24, 2.45) is 0 Å². The van der Waals surface area contributed by atoms with E-state index in [9.17, 15) is 9.18 Å². The lowest BCUT2D eigenvalue weighted by Gasteiger charge is -2.08. The van der Waals surface area contributed by atoms with Crippen molar-refractivity contribution < 1.29 is 13.6 Å². The summed E-state index contributed by atoms with van der Waals surface area (Å²) in [6.45, 7) is 0.593. The van der Waals surface area contributed by atoms with Gasteiger partial charge in [-0.15, -0.1) is 10.2 Å². The predicted molar refractivity (Wildman–Crippen MR) is 100 cm³/mol. The monoisotopic (exact) mass is 386 g/mol. The lowest BCUT2D eigenvalue weighted by molar-refractivity contribution is -0.115. The summed E-state index contributed by atoms with van der Waals surface area (Å²) in [5.41, 5.74) is 0.586. The molecule has 1 aliphatic carbocycles. The number of benzene rings is 1. The second-order valence-corrected chi connectivity index (χ2v) is 7.50. The summed E-state index contributed by atoms with van der Waals surface area (Å²) in [7, 11) is 0. The number of amides is 1. The van der Waals surface area contributed by atoms with E-state index in [-0.39, 0.29) is 11.7 Å². The summed E-state index contributed by atoms with van der Waals surface area (Å²) >= 11 is 1.50. The number of halogens is 1. The SMILES string of the molecule is O=C(CCSc1nnc(C2CC2)n1Cc1ccco1)Nc1ccc(F)cc1. The van der Waals surface area contributed by atoms with Gasteiger partial charge in [-0.1, -0.05) is 11.8 Å². The van der Waals surface area contributed by atoms with E-state index in [1.807, 2.05) is 12.1 Å². The van der Waals surface area contributed by atoms with Crippen molar-refractivity contribution in [3.05, 3.63) is 60.1 Å². The molecule has 0 bridgehead atoms. The second kappa shape index (κ2) is 7.96. The third-order valence-electron chi connectivity index (χ3n) is 4.27. The molecule has 0 atom stereocenters. The first-order valence-corrected chi connectivity index (χ1v) is 9.81. The Hall–Kier alpha value is -2.61. The maximum Gasteiger partial charge on any atom is 0.225 e. The fourth-order valence-corrected chi connectivity index (χ4v) is 3.63. The Morgan fingerprint density at radius 3 is 2.78 bits per heavy atom. The number of nitrogens with zero attached hydrogens (tertiary/aromatic N) is 3. The summed E-state index contributed by atoms with van der Waals surface area (Å²) in [6, 6.07) is 9.52. The summed E-state index contributed by atoms with van der Waals surface area (Å²) in [5, 5.41) is 12.2. The Bertz CT molecular complexity index is 904. The van der Waals surface area contributed by atoms with Gasteiger partial charge in [0.05, 0.1) is 12.8 Å². The molecule has 0 unspecified atom stereocenters. The number of carbonyl (C=O) groups is 1. The first-order chi connectivity index (χ1) is 13.2. The molecule has 0 spiro atoms. The minimum atomic E-state index is -0.328. The van der Waals surface area contributed by atoms with Gasteiger partial charge in [0.2, 0.25) is 5.91 Å². The van der Waals surface area contributed by atoms with Crippen molar-refractivity contribution in [2.75, 3.05) is 11.1 Å². The van der Waals surface area contributed by atoms with Crippen LogP contribution in [0.5, 0.6) is 0 Å². The highest BCUT2D eigenvalue weighted by Gasteiger charge is 2.30. The van der Waals surface area contributed by atoms with Crippen molar-refractivity contribution in [3.63, 3.8) is 0 Å². The van der Waals surface area contributed by atoms with Crippen LogP contribution >= 0.6 is 11.8 Å². The molecule has 140 valence electrons. The van der Waals surface area contributed by atoms with E-state index in [1.165, 1.54) is 23.9 Å². The minimum absolute atomic E-state index is 0.117. The van der Waals surface area contributed by atoms with Crippen molar-refractivity contribution in [1.82, 2.24) is 14.8 Å². The number of thioether (sulfide) groups is 1. The molecule has 0 radical (unpaired) electrons. The first-order valence-electron chi connectivity index (χ1n) is 8.83. The molecule has 1 amide bonds. The maximum atomic E-state index is 12.9. The molecule has 8 heteroatoms. The van der Waals surface area contributed by atoms with Crippen LogP contribution in [0.1, 0.15) is 36.8 Å². The number of anilines is 1. The zero-order valence-electron chi connectivity index (χ0n) is 14.6. The Balaban J connectivity index is 1.35. The van der Waals surface area contributed by atoms with Crippen molar-refractivity contribution in [2.45, 2.75) is 36.9 Å². The molecular formula is C19H19FN4O2S. The van der Waals surface area contributed by atoms with E-state index in [1.54, 1.807) is 18.4 Å². The highest BCUT2D eigenvalue weighted by Crippen LogP contribution is 2.40. The molecule has 6 nitrogen and oxygen atoms in total. The largest absolute Gasteiger partial charge is 0.467 e. The van der Waals surface area contributed by atoms with Crippen LogP contribution in [0.2, 0.25) is 0 Å². The van der Waals surface area contributed by atoms with Crippen LogP contribution in [0.25, 0.3) is 0 Å². The molecular weight excluding hydrogens is 367 g/mol. The first kappa shape index (κ1) is 17.8. The number of hydrogen-bond donors (Lipinski definition) is 1. The lowest BCUT2D eigenvalue weighted by atomic mass is 10.3. The molecule has 1 fully saturated rings. The van der Waals surface area contributed by atoms with Crippen LogP contribution in [-0.2, 0) is 11.3 Å². The highest BCUT2D eigenvalue weighted by molar-refractivity contribution is 7.99. The molecule has 4 rings (SSSR count). The average molecular weight is 386 g/mol. The number of furan rings is 1. The number of rotatable bonds is 8. The summed E-state index contributed by atoms with van der Waals surface area (Å²) in [5.74, 6) is 2.45. The lowest BCUT2D eigenvalue weighted by Crippen LogP contribution is -2.12. The van der Waals surface area contributed by atoms with Crippen molar-refractivity contribution in [1.29, 1.82) is 0 Å². The molecule has 27 heavy (non-hydrogen) atoms. The van der Waals surface area contributed by atoms with Gasteiger partial charge in [0, 0.05) is 23.8 Å². The molecule has 0 saturated heterocycles. The fourth-order valence-electron chi connectivity index (χ4n) is 2.75. The van der Waals surface area contributed by atoms with Crippen molar-refractivity contribution >= 4 is 23.4 Å². The zero-order chi connectivity index (χ0) is 18.6. The smallest absolute Gasteiger partial charge is 0.225 e. The minimum Gasteiger partial charge on any atom is -0.467 e. The normalized spacial score (nSPS) is 13.7. The Morgan fingerprint density at radius 2 is 2.07 bits per heavy atom. The number of hydrogen-bond acceptors (Lipinski definition) is 5. The van der Waals surface area contributed by atoms with Gasteiger partial charge in [-0.05, 0) is 49.2 Å². The third kappa shape index (κ3) is 4.57. The molecule has 2 heterocycles. The second-order valence-electron chi connectivity index (χ2n) is 6.43. The molecule has 0 aliphatic heterocycles. The van der Waals surface area contributed by atoms with Gasteiger partial charge in [-0.2, -0.15) is 0 Å². The van der Waals surface area contributed by atoms with Crippen LogP contribution in [0.15, 0.2) is 52.2 Å². The molecule has 1 N–H and O–H groups in total. The van der Waals surface area contributed by atoms with E-state index in [0.717, 1.165) is 29.6 Å². The van der Waals surface area contributed by atoms with E-state index in [0.29, 0.717) is 30.3 Å². The van der Waals surface area contributed by atoms with E-state index >= 15 is 0 Å². The zero-order valence-corrected chi connectivity index (χ0v) is 15.4. The topological polar surface area (TPSA) is 73.0 Å². The molecule has 3 aromatic rings. The quantitative estimate of drug-likeness (QED) is 0.591. The van der Waals surface area contributed by atoms with Crippen LogP contribution in [0.4, 0.5) is 10.1 Å². The standard InChI is InChI=1S/C19H19FN4O2S/c20-14-5-7-15(8-6-14)21-17(25)9-11-27-19-23-22-18(13-3-4-13)24(19)12-16-2-1-10-26-16/h1-2,5-8,10,13H,3-4,9,11-12H2,(H,21,25). The molecule has 1 aromatic carbocycles. The fraction of sp³-hybridized carbons (Fsp3) is 0.316. The maximum absolute atomic E-state index is 12.9. The number of aromatic nitrogens is 3. The van der Waals surface area contributed by atoms with Gasteiger partial charge in [0.25, 0.3) is 0 Å². The van der Waals surface area contributed by atoms with Gasteiger partial charge < -0.3 is 9.73 Å². The molecule has 2 aromatic heterocycles.